The predicted octanol–water partition coefficient (Wildman–Crippen LogP) is 5.39. The lowest BCUT2D eigenvalue weighted by Crippen LogP contribution is -2.42. The largest absolute Gasteiger partial charge is 0.460 e. The number of carbonyl (C=O) groups excluding carboxylic acids is 2. The Morgan fingerprint density at radius 3 is 1.29 bits per heavy atom. The summed E-state index contributed by atoms with van der Waals surface area (Å²) in [7, 11) is 0. The molecule has 0 bridgehead atoms. The highest BCUT2D eigenvalue weighted by Crippen LogP contribution is 2.24. The summed E-state index contributed by atoms with van der Waals surface area (Å²) in [6, 6.07) is 20.7. The maximum absolute atomic E-state index is 12.2. The lowest BCUT2D eigenvalue weighted by Gasteiger charge is -2.26. The fraction of sp³-hybridized carbons (Fsp3) is 0.588. The standard InChI is InChI=1S/2C17H25NO3/c2*1-12(13-8-6-5-7-9-13)18-15-11-20-10-14(15)16(19)21-17(2,3)4/h2*5-9,12,14-15,18H,10-11H2,1-4H3/t2*12-,14+,15-/m10/s1. The van der Waals surface area contributed by atoms with E-state index >= 15 is 0 Å². The summed E-state index contributed by atoms with van der Waals surface area (Å²) in [6.45, 7) is 17.4. The van der Waals surface area contributed by atoms with Crippen LogP contribution < -0.4 is 10.6 Å². The number of esters is 2. The minimum atomic E-state index is -0.463. The van der Waals surface area contributed by atoms with Crippen LogP contribution in [0.2, 0.25) is 0 Å². The molecule has 6 atom stereocenters. The van der Waals surface area contributed by atoms with Crippen molar-refractivity contribution in [3.8, 4) is 0 Å². The predicted molar refractivity (Wildman–Crippen MR) is 164 cm³/mol. The molecule has 2 saturated heterocycles. The molecule has 2 aliphatic heterocycles. The maximum atomic E-state index is 12.2. The molecule has 0 unspecified atom stereocenters. The molecule has 0 amide bonds. The van der Waals surface area contributed by atoms with Gasteiger partial charge in [0.15, 0.2) is 0 Å². The van der Waals surface area contributed by atoms with Crippen molar-refractivity contribution in [3.05, 3.63) is 71.8 Å². The summed E-state index contributed by atoms with van der Waals surface area (Å²) in [6.07, 6.45) is 0. The summed E-state index contributed by atoms with van der Waals surface area (Å²) in [4.78, 5) is 24.5. The van der Waals surface area contributed by atoms with Gasteiger partial charge < -0.3 is 29.6 Å². The molecule has 8 heteroatoms. The van der Waals surface area contributed by atoms with Crippen LogP contribution in [-0.4, -0.2) is 61.7 Å². The highest BCUT2D eigenvalue weighted by atomic mass is 16.6. The van der Waals surface area contributed by atoms with Gasteiger partial charge in [-0.25, -0.2) is 0 Å². The van der Waals surface area contributed by atoms with Crippen LogP contribution in [0.25, 0.3) is 0 Å². The zero-order valence-corrected chi connectivity index (χ0v) is 26.5. The van der Waals surface area contributed by atoms with Crippen molar-refractivity contribution in [3.63, 3.8) is 0 Å². The lowest BCUT2D eigenvalue weighted by atomic mass is 10.0. The number of benzene rings is 2. The van der Waals surface area contributed by atoms with Gasteiger partial charge in [0.1, 0.15) is 11.2 Å². The Hall–Kier alpha value is -2.78. The van der Waals surface area contributed by atoms with Crippen LogP contribution in [0.5, 0.6) is 0 Å². The van der Waals surface area contributed by atoms with Gasteiger partial charge in [-0.15, -0.1) is 0 Å². The third-order valence-corrected chi connectivity index (χ3v) is 7.11. The van der Waals surface area contributed by atoms with E-state index in [-0.39, 0.29) is 47.9 Å². The molecule has 8 nitrogen and oxygen atoms in total. The van der Waals surface area contributed by atoms with Crippen molar-refractivity contribution < 1.29 is 28.5 Å². The van der Waals surface area contributed by atoms with Crippen LogP contribution in [0.1, 0.15) is 78.6 Å². The number of rotatable bonds is 8. The van der Waals surface area contributed by atoms with E-state index in [1.807, 2.05) is 77.9 Å². The van der Waals surface area contributed by atoms with Crippen molar-refractivity contribution in [1.29, 1.82) is 0 Å². The second-order valence-electron chi connectivity index (χ2n) is 13.2. The molecule has 2 heterocycles. The summed E-state index contributed by atoms with van der Waals surface area (Å²) < 4.78 is 21.9. The quantitative estimate of drug-likeness (QED) is 0.400. The zero-order chi connectivity index (χ0) is 30.9. The molecule has 4 rings (SSSR count). The molecule has 2 aromatic carbocycles. The summed E-state index contributed by atoms with van der Waals surface area (Å²) >= 11 is 0. The van der Waals surface area contributed by atoms with E-state index in [0.29, 0.717) is 26.4 Å². The molecule has 0 saturated carbocycles. The lowest BCUT2D eigenvalue weighted by molar-refractivity contribution is -0.161. The molecule has 0 aromatic heterocycles. The second kappa shape index (κ2) is 15.1. The summed E-state index contributed by atoms with van der Waals surface area (Å²) in [5.41, 5.74) is 1.48. The molecule has 42 heavy (non-hydrogen) atoms. The van der Waals surface area contributed by atoms with E-state index in [0.717, 1.165) is 0 Å². The molecule has 0 aliphatic carbocycles. The van der Waals surface area contributed by atoms with Gasteiger partial charge in [-0.2, -0.15) is 0 Å². The van der Waals surface area contributed by atoms with E-state index in [9.17, 15) is 9.59 Å². The van der Waals surface area contributed by atoms with Crippen molar-refractivity contribution >= 4 is 11.9 Å². The molecule has 0 spiro atoms. The molecule has 2 N–H and O–H groups in total. The van der Waals surface area contributed by atoms with Gasteiger partial charge in [0.2, 0.25) is 0 Å². The van der Waals surface area contributed by atoms with Crippen LogP contribution in [0.15, 0.2) is 60.7 Å². The minimum absolute atomic E-state index is 0.00458. The molecule has 2 aromatic rings. The van der Waals surface area contributed by atoms with E-state index in [4.69, 9.17) is 18.9 Å². The van der Waals surface area contributed by atoms with Gasteiger partial charge in [-0.1, -0.05) is 60.7 Å². The van der Waals surface area contributed by atoms with Crippen LogP contribution in [0, 0.1) is 11.8 Å². The van der Waals surface area contributed by atoms with Crippen molar-refractivity contribution in [2.24, 2.45) is 11.8 Å². The SMILES string of the molecule is C[C@@H](N[C@@H]1COC[C@@H]1C(=O)OC(C)(C)C)c1ccccc1.C[C@H](N[C@H]1COC[C@H]1C(=O)OC(C)(C)C)c1ccccc1. The Morgan fingerprint density at radius 2 is 0.976 bits per heavy atom. The Balaban J connectivity index is 0.000000230. The highest BCUT2D eigenvalue weighted by molar-refractivity contribution is 5.74. The first-order valence-corrected chi connectivity index (χ1v) is 15.0. The summed E-state index contributed by atoms with van der Waals surface area (Å²) in [5.74, 6) is -0.846. The van der Waals surface area contributed by atoms with E-state index in [1.165, 1.54) is 11.1 Å². The first-order valence-electron chi connectivity index (χ1n) is 15.0. The van der Waals surface area contributed by atoms with E-state index < -0.39 is 11.2 Å². The number of hydrogen-bond acceptors (Lipinski definition) is 8. The fourth-order valence-electron chi connectivity index (χ4n) is 4.97. The van der Waals surface area contributed by atoms with E-state index in [2.05, 4.69) is 48.7 Å². The first-order chi connectivity index (χ1) is 19.7. The van der Waals surface area contributed by atoms with Crippen LogP contribution in [-0.2, 0) is 28.5 Å². The molecular formula is C34H50N2O6. The zero-order valence-electron chi connectivity index (χ0n) is 26.5. The van der Waals surface area contributed by atoms with Gasteiger partial charge >= 0.3 is 11.9 Å². The molecule has 2 aliphatic rings. The van der Waals surface area contributed by atoms with Gasteiger partial charge in [0.25, 0.3) is 0 Å². The summed E-state index contributed by atoms with van der Waals surface area (Å²) in [5, 5.41) is 6.97. The van der Waals surface area contributed by atoms with Crippen LogP contribution >= 0.6 is 0 Å². The monoisotopic (exact) mass is 582 g/mol. The van der Waals surface area contributed by atoms with E-state index in [1.54, 1.807) is 0 Å². The second-order valence-corrected chi connectivity index (χ2v) is 13.2. The topological polar surface area (TPSA) is 95.1 Å². The number of nitrogens with one attached hydrogen (secondary N) is 2. The van der Waals surface area contributed by atoms with Crippen LogP contribution in [0.4, 0.5) is 0 Å². The van der Waals surface area contributed by atoms with Gasteiger partial charge in [0.05, 0.1) is 38.3 Å². The molecule has 2 fully saturated rings. The van der Waals surface area contributed by atoms with Gasteiger partial charge in [-0.3, -0.25) is 9.59 Å². The van der Waals surface area contributed by atoms with Crippen molar-refractivity contribution in [2.45, 2.75) is 90.8 Å². The number of carbonyl (C=O) groups is 2. The number of ether oxygens (including phenoxy) is 4. The Bertz CT molecular complexity index is 1020. The third kappa shape index (κ3) is 10.8. The Labute approximate surface area is 251 Å². The Morgan fingerprint density at radius 1 is 0.643 bits per heavy atom. The van der Waals surface area contributed by atoms with Crippen molar-refractivity contribution in [2.75, 3.05) is 26.4 Å². The maximum Gasteiger partial charge on any atom is 0.313 e. The Kier molecular flexibility index (Phi) is 12.1. The molecule has 232 valence electrons. The normalized spacial score (nSPS) is 23.8. The highest BCUT2D eigenvalue weighted by Gasteiger charge is 2.38. The third-order valence-electron chi connectivity index (χ3n) is 7.11. The molecule has 0 radical (unpaired) electrons. The average Bonchev–Trinajstić information content (AvgIpc) is 3.58. The average molecular weight is 583 g/mol. The van der Waals surface area contributed by atoms with Crippen molar-refractivity contribution in [1.82, 2.24) is 10.6 Å². The van der Waals surface area contributed by atoms with Crippen LogP contribution in [0.3, 0.4) is 0 Å². The van der Waals surface area contributed by atoms with Gasteiger partial charge in [-0.05, 0) is 66.5 Å². The minimum Gasteiger partial charge on any atom is -0.460 e. The first kappa shape index (κ1) is 33.7. The number of hydrogen-bond donors (Lipinski definition) is 2. The fourth-order valence-corrected chi connectivity index (χ4v) is 4.97. The molecular weight excluding hydrogens is 532 g/mol. The van der Waals surface area contributed by atoms with Gasteiger partial charge in [0, 0.05) is 24.2 Å². The smallest absolute Gasteiger partial charge is 0.313 e.